The number of ether oxygens (including phenoxy) is 2. The van der Waals surface area contributed by atoms with Crippen molar-refractivity contribution in [3.05, 3.63) is 35.9 Å². The zero-order valence-electron chi connectivity index (χ0n) is 11.2. The van der Waals surface area contributed by atoms with E-state index in [2.05, 4.69) is 5.92 Å². The largest absolute Gasteiger partial charge is 0.510 e. The van der Waals surface area contributed by atoms with Crippen LogP contribution in [0.5, 0.6) is 0 Å². The van der Waals surface area contributed by atoms with Crippen LogP contribution in [-0.2, 0) is 15.1 Å². The third-order valence-corrected chi connectivity index (χ3v) is 2.28. The van der Waals surface area contributed by atoms with E-state index in [-0.39, 0.29) is 0 Å². The van der Waals surface area contributed by atoms with Crippen LogP contribution in [0.1, 0.15) is 33.3 Å². The highest BCUT2D eigenvalue weighted by Gasteiger charge is 2.31. The first-order valence-electron chi connectivity index (χ1n) is 5.72. The van der Waals surface area contributed by atoms with Crippen molar-refractivity contribution in [3.8, 4) is 12.3 Å². The second-order valence-corrected chi connectivity index (χ2v) is 5.11. The van der Waals surface area contributed by atoms with Gasteiger partial charge in [0.1, 0.15) is 5.60 Å². The summed E-state index contributed by atoms with van der Waals surface area (Å²) in [6.07, 6.45) is 4.70. The molecule has 0 aliphatic rings. The van der Waals surface area contributed by atoms with Gasteiger partial charge in [-0.3, -0.25) is 0 Å². The number of carbonyl (C=O) groups excluding carboxylic acids is 1. The second-order valence-electron chi connectivity index (χ2n) is 5.11. The maximum absolute atomic E-state index is 11.7. The standard InChI is InChI=1S/C15H18O3/c1-6-15(5,12-10-8-7-9-11-12)18-13(16)17-14(2,3)4/h1,7-11H,2-5H3. The first kappa shape index (κ1) is 14.1. The summed E-state index contributed by atoms with van der Waals surface area (Å²) < 4.78 is 10.4. The van der Waals surface area contributed by atoms with E-state index in [0.717, 1.165) is 5.56 Å². The fraction of sp³-hybridized carbons (Fsp3) is 0.400. The molecule has 1 aromatic rings. The summed E-state index contributed by atoms with van der Waals surface area (Å²) in [5.41, 5.74) is -0.995. The lowest BCUT2D eigenvalue weighted by Gasteiger charge is -2.26. The average Bonchev–Trinajstić information content (AvgIpc) is 2.27. The molecule has 0 saturated heterocycles. The van der Waals surface area contributed by atoms with Crippen molar-refractivity contribution in [3.63, 3.8) is 0 Å². The predicted molar refractivity (Wildman–Crippen MR) is 69.9 cm³/mol. The fourth-order valence-electron chi connectivity index (χ4n) is 1.37. The van der Waals surface area contributed by atoms with Gasteiger partial charge in [0.15, 0.2) is 5.60 Å². The highest BCUT2D eigenvalue weighted by molar-refractivity contribution is 5.62. The molecule has 0 spiro atoms. The Kier molecular flexibility index (Phi) is 4.03. The zero-order chi connectivity index (χ0) is 13.8. The quantitative estimate of drug-likeness (QED) is 0.592. The molecule has 0 bridgehead atoms. The second kappa shape index (κ2) is 5.14. The van der Waals surface area contributed by atoms with Gasteiger partial charge in [-0.2, -0.15) is 0 Å². The Labute approximate surface area is 108 Å². The summed E-state index contributed by atoms with van der Waals surface area (Å²) in [5, 5.41) is 0. The number of rotatable bonds is 2. The molecule has 0 saturated carbocycles. The molecule has 1 atom stereocenters. The van der Waals surface area contributed by atoms with Crippen LogP contribution in [-0.4, -0.2) is 11.8 Å². The molecular weight excluding hydrogens is 228 g/mol. The van der Waals surface area contributed by atoms with Gasteiger partial charge in [-0.1, -0.05) is 36.3 Å². The van der Waals surface area contributed by atoms with Crippen molar-refractivity contribution < 1.29 is 14.3 Å². The van der Waals surface area contributed by atoms with E-state index in [1.54, 1.807) is 27.7 Å². The lowest BCUT2D eigenvalue weighted by Crippen LogP contribution is -2.32. The van der Waals surface area contributed by atoms with Crippen molar-refractivity contribution in [1.29, 1.82) is 0 Å². The van der Waals surface area contributed by atoms with Crippen molar-refractivity contribution in [2.24, 2.45) is 0 Å². The summed E-state index contributed by atoms with van der Waals surface area (Å²) >= 11 is 0. The summed E-state index contributed by atoms with van der Waals surface area (Å²) in [4.78, 5) is 11.7. The van der Waals surface area contributed by atoms with E-state index in [0.29, 0.717) is 0 Å². The van der Waals surface area contributed by atoms with Crippen LogP contribution in [0.3, 0.4) is 0 Å². The third kappa shape index (κ3) is 3.81. The normalized spacial score (nSPS) is 14.2. The molecule has 96 valence electrons. The Morgan fingerprint density at radius 3 is 2.11 bits per heavy atom. The number of hydrogen-bond acceptors (Lipinski definition) is 3. The van der Waals surface area contributed by atoms with Gasteiger partial charge in [0.2, 0.25) is 0 Å². The molecule has 0 aliphatic heterocycles. The fourth-order valence-corrected chi connectivity index (χ4v) is 1.37. The molecular formula is C15H18O3. The van der Waals surface area contributed by atoms with Crippen molar-refractivity contribution >= 4 is 6.16 Å². The molecule has 0 amide bonds. The Morgan fingerprint density at radius 1 is 1.11 bits per heavy atom. The maximum atomic E-state index is 11.7. The van der Waals surface area contributed by atoms with E-state index in [1.807, 2.05) is 30.3 Å². The first-order valence-corrected chi connectivity index (χ1v) is 5.72. The van der Waals surface area contributed by atoms with E-state index in [1.165, 1.54) is 0 Å². The molecule has 1 rings (SSSR count). The highest BCUT2D eigenvalue weighted by atomic mass is 16.7. The summed E-state index contributed by atoms with van der Waals surface area (Å²) in [7, 11) is 0. The number of hydrogen-bond donors (Lipinski definition) is 0. The van der Waals surface area contributed by atoms with Crippen LogP contribution < -0.4 is 0 Å². The van der Waals surface area contributed by atoms with Gasteiger partial charge >= 0.3 is 6.16 Å². The lowest BCUT2D eigenvalue weighted by atomic mass is 9.97. The van der Waals surface area contributed by atoms with Gasteiger partial charge in [-0.15, -0.1) is 6.42 Å². The van der Waals surface area contributed by atoms with Gasteiger partial charge in [0.05, 0.1) is 0 Å². The number of carbonyl (C=O) groups is 1. The van der Waals surface area contributed by atoms with E-state index in [9.17, 15) is 4.79 Å². The third-order valence-electron chi connectivity index (χ3n) is 2.28. The Morgan fingerprint density at radius 2 is 1.67 bits per heavy atom. The molecule has 3 nitrogen and oxygen atoms in total. The van der Waals surface area contributed by atoms with Crippen molar-refractivity contribution in [1.82, 2.24) is 0 Å². The monoisotopic (exact) mass is 246 g/mol. The molecule has 3 heteroatoms. The minimum atomic E-state index is -1.12. The first-order chi connectivity index (χ1) is 8.27. The smallest absolute Gasteiger partial charge is 0.429 e. The van der Waals surface area contributed by atoms with E-state index >= 15 is 0 Å². The number of benzene rings is 1. The van der Waals surface area contributed by atoms with E-state index < -0.39 is 17.4 Å². The van der Waals surface area contributed by atoms with E-state index in [4.69, 9.17) is 15.9 Å². The predicted octanol–water partition coefficient (Wildman–Crippen LogP) is 3.49. The number of terminal acetylenes is 1. The van der Waals surface area contributed by atoms with Gasteiger partial charge in [0.25, 0.3) is 0 Å². The van der Waals surface area contributed by atoms with Crippen LogP contribution in [0, 0.1) is 12.3 Å². The maximum Gasteiger partial charge on any atom is 0.510 e. The minimum Gasteiger partial charge on any atom is -0.429 e. The molecule has 0 aliphatic carbocycles. The van der Waals surface area contributed by atoms with Gasteiger partial charge in [-0.25, -0.2) is 4.79 Å². The topological polar surface area (TPSA) is 35.5 Å². The molecule has 0 radical (unpaired) electrons. The van der Waals surface area contributed by atoms with Crippen LogP contribution in [0.4, 0.5) is 4.79 Å². The van der Waals surface area contributed by atoms with Crippen LogP contribution in [0.15, 0.2) is 30.3 Å². The highest BCUT2D eigenvalue weighted by Crippen LogP contribution is 2.25. The van der Waals surface area contributed by atoms with Crippen molar-refractivity contribution in [2.45, 2.75) is 38.9 Å². The zero-order valence-corrected chi connectivity index (χ0v) is 11.2. The molecule has 18 heavy (non-hydrogen) atoms. The molecule has 0 aromatic heterocycles. The van der Waals surface area contributed by atoms with Gasteiger partial charge in [0, 0.05) is 5.56 Å². The van der Waals surface area contributed by atoms with Crippen LogP contribution >= 0.6 is 0 Å². The summed E-state index contributed by atoms with van der Waals surface area (Å²) in [6, 6.07) is 9.16. The van der Waals surface area contributed by atoms with Gasteiger partial charge < -0.3 is 9.47 Å². The average molecular weight is 246 g/mol. The molecule has 0 heterocycles. The Bertz CT molecular complexity index is 451. The molecule has 0 N–H and O–H groups in total. The van der Waals surface area contributed by atoms with Crippen LogP contribution in [0.2, 0.25) is 0 Å². The lowest BCUT2D eigenvalue weighted by molar-refractivity contribution is -0.0424. The minimum absolute atomic E-state index is 0.608. The summed E-state index contributed by atoms with van der Waals surface area (Å²) in [6.45, 7) is 6.96. The molecule has 0 fully saturated rings. The Balaban J connectivity index is 2.86. The molecule has 1 unspecified atom stereocenters. The Hall–Kier alpha value is -1.95. The summed E-state index contributed by atoms with van der Waals surface area (Å²) in [5.74, 6) is 2.49. The van der Waals surface area contributed by atoms with Crippen molar-refractivity contribution in [2.75, 3.05) is 0 Å². The van der Waals surface area contributed by atoms with Gasteiger partial charge in [-0.05, 0) is 27.7 Å². The molecule has 1 aromatic carbocycles. The SMILES string of the molecule is C#CC(C)(OC(=O)OC(C)(C)C)c1ccccc1. The van der Waals surface area contributed by atoms with Crippen LogP contribution in [0.25, 0.3) is 0 Å².